The number of hydrogen-bond acceptors (Lipinski definition) is 6. The van der Waals surface area contributed by atoms with E-state index in [-0.39, 0.29) is 36.6 Å². The van der Waals surface area contributed by atoms with Crippen LogP contribution in [0.1, 0.15) is 76.9 Å². The van der Waals surface area contributed by atoms with Gasteiger partial charge in [-0.05, 0) is 92.6 Å². The van der Waals surface area contributed by atoms with Gasteiger partial charge in [-0.25, -0.2) is 4.39 Å². The Labute approximate surface area is 239 Å². The molecule has 0 radical (unpaired) electrons. The zero-order valence-corrected chi connectivity index (χ0v) is 24.1. The molecule has 5 rings (SSSR count). The van der Waals surface area contributed by atoms with Crippen LogP contribution in [0, 0.1) is 19.7 Å². The molecule has 1 aliphatic carbocycles. The summed E-state index contributed by atoms with van der Waals surface area (Å²) in [6, 6.07) is 12.5. The largest absolute Gasteiger partial charge is 0.492 e. The number of carbonyl (C=O) groups is 2. The molecule has 0 saturated heterocycles. The number of ether oxygens (including phenoxy) is 3. The molecule has 1 heterocycles. The van der Waals surface area contributed by atoms with E-state index in [0.717, 1.165) is 33.4 Å². The monoisotopic (exact) mass is 561 g/mol. The van der Waals surface area contributed by atoms with Crippen LogP contribution in [0.3, 0.4) is 0 Å². The summed E-state index contributed by atoms with van der Waals surface area (Å²) in [5.74, 6) is 0.344. The van der Waals surface area contributed by atoms with Crippen LogP contribution in [0.5, 0.6) is 11.5 Å². The molecule has 0 unspecified atom stereocenters. The van der Waals surface area contributed by atoms with Gasteiger partial charge in [0.1, 0.15) is 23.4 Å². The molecule has 216 valence electrons. The molecular weight excluding hydrogens is 525 g/mol. The zero-order chi connectivity index (χ0) is 29.5. The second-order valence-corrected chi connectivity index (χ2v) is 11.6. The molecule has 2 aliphatic rings. The third-order valence-electron chi connectivity index (χ3n) is 7.81. The van der Waals surface area contributed by atoms with Gasteiger partial charge in [0.05, 0.1) is 25.7 Å². The van der Waals surface area contributed by atoms with Crippen LogP contribution in [0.4, 0.5) is 4.39 Å². The molecule has 0 fully saturated rings. The minimum absolute atomic E-state index is 0.0656. The van der Waals surface area contributed by atoms with Crippen molar-refractivity contribution in [2.45, 2.75) is 64.6 Å². The number of nitrogens with one attached hydrogen (secondary N) is 1. The number of hydrogen-bond donors (Lipinski definition) is 2. The van der Waals surface area contributed by atoms with E-state index in [1.165, 1.54) is 13.2 Å². The van der Waals surface area contributed by atoms with Crippen LogP contribution in [0.25, 0.3) is 11.1 Å². The summed E-state index contributed by atoms with van der Waals surface area (Å²) in [6.07, 6.45) is 1.08. The van der Waals surface area contributed by atoms with Gasteiger partial charge in [-0.1, -0.05) is 12.1 Å². The van der Waals surface area contributed by atoms with Crippen LogP contribution < -0.4 is 14.8 Å². The highest BCUT2D eigenvalue weighted by Gasteiger charge is 2.32. The lowest BCUT2D eigenvalue weighted by atomic mass is 9.89. The van der Waals surface area contributed by atoms with Crippen LogP contribution >= 0.6 is 0 Å². The molecule has 8 heteroatoms. The molecular formula is C33H36FNO6. The van der Waals surface area contributed by atoms with E-state index in [9.17, 15) is 14.7 Å². The maximum Gasteiger partial charge on any atom is 0.306 e. The summed E-state index contributed by atoms with van der Waals surface area (Å²) in [6.45, 7) is 7.72. The van der Waals surface area contributed by atoms with E-state index in [4.69, 9.17) is 14.2 Å². The summed E-state index contributed by atoms with van der Waals surface area (Å²) in [7, 11) is 1.37. The molecule has 0 saturated carbocycles. The Morgan fingerprint density at radius 1 is 1.12 bits per heavy atom. The lowest BCUT2D eigenvalue weighted by Crippen LogP contribution is -2.38. The van der Waals surface area contributed by atoms with Crippen molar-refractivity contribution in [1.29, 1.82) is 0 Å². The molecule has 2 atom stereocenters. The normalized spacial score (nSPS) is 17.4. The first-order valence-electron chi connectivity index (χ1n) is 13.9. The maximum absolute atomic E-state index is 15.3. The average molecular weight is 562 g/mol. The molecule has 2 N–H and O–H groups in total. The Morgan fingerprint density at radius 2 is 1.85 bits per heavy atom. The number of esters is 1. The van der Waals surface area contributed by atoms with Crippen molar-refractivity contribution in [3.05, 3.63) is 81.7 Å². The number of carbonyl (C=O) groups excluding carboxylic acids is 2. The molecule has 0 bridgehead atoms. The number of rotatable bonds is 8. The third kappa shape index (κ3) is 5.93. The van der Waals surface area contributed by atoms with Crippen molar-refractivity contribution in [2.24, 2.45) is 0 Å². The average Bonchev–Trinajstić information content (AvgIpc) is 3.52. The Bertz CT molecular complexity index is 1490. The highest BCUT2D eigenvalue weighted by atomic mass is 19.1. The van der Waals surface area contributed by atoms with Crippen LogP contribution in [0.2, 0.25) is 0 Å². The van der Waals surface area contributed by atoms with Gasteiger partial charge in [0.2, 0.25) is 0 Å². The van der Waals surface area contributed by atoms with E-state index < -0.39 is 11.7 Å². The van der Waals surface area contributed by atoms with Crippen molar-refractivity contribution in [2.75, 3.05) is 20.3 Å². The fraction of sp³-hybridized carbons (Fsp3) is 0.394. The number of fused-ring (bicyclic) bond motifs is 2. The van der Waals surface area contributed by atoms with Gasteiger partial charge in [0.15, 0.2) is 0 Å². The number of methoxy groups -OCH3 is 1. The molecule has 0 aromatic heterocycles. The lowest BCUT2D eigenvalue weighted by molar-refractivity contribution is -0.141. The smallest absolute Gasteiger partial charge is 0.306 e. The molecule has 1 aliphatic heterocycles. The van der Waals surface area contributed by atoms with Crippen molar-refractivity contribution in [3.63, 3.8) is 0 Å². The molecule has 3 aromatic rings. The van der Waals surface area contributed by atoms with Gasteiger partial charge in [-0.2, -0.15) is 0 Å². The molecule has 41 heavy (non-hydrogen) atoms. The fourth-order valence-electron chi connectivity index (χ4n) is 5.89. The van der Waals surface area contributed by atoms with E-state index >= 15 is 4.39 Å². The van der Waals surface area contributed by atoms with E-state index in [1.54, 1.807) is 13.8 Å². The van der Waals surface area contributed by atoms with E-state index in [1.807, 2.05) is 50.2 Å². The predicted molar refractivity (Wildman–Crippen MR) is 153 cm³/mol. The van der Waals surface area contributed by atoms with Gasteiger partial charge in [-0.15, -0.1) is 0 Å². The van der Waals surface area contributed by atoms with Crippen molar-refractivity contribution in [1.82, 2.24) is 5.32 Å². The van der Waals surface area contributed by atoms with Gasteiger partial charge in [0.25, 0.3) is 5.91 Å². The molecule has 0 spiro atoms. The standard InChI is InChI=1S/C33H36FNO6/c1-18-12-20(32(37)35-17-33(3,4)38)13-19(2)30(18)24-8-10-26(34)31-25(24)9-11-27(31)41-22-6-7-23-21(14-29(36)39-5)16-40-28(23)15-22/h6-8,10,12-13,15,21,27,38H,9,11,14,16-17H2,1-5H3,(H,35,37)/t21-,27+/m1/s1. The molecule has 7 nitrogen and oxygen atoms in total. The second kappa shape index (κ2) is 11.2. The lowest BCUT2D eigenvalue weighted by Gasteiger charge is -2.20. The molecule has 1 amide bonds. The Kier molecular flexibility index (Phi) is 7.79. The molecule has 3 aromatic carbocycles. The third-order valence-corrected chi connectivity index (χ3v) is 7.81. The van der Waals surface area contributed by atoms with Gasteiger partial charge < -0.3 is 24.6 Å². The second-order valence-electron chi connectivity index (χ2n) is 11.6. The first kappa shape index (κ1) is 28.6. The number of halogens is 1. The topological polar surface area (TPSA) is 94.1 Å². The highest BCUT2D eigenvalue weighted by Crippen LogP contribution is 2.45. The quantitative estimate of drug-likeness (QED) is 0.342. The maximum atomic E-state index is 15.3. The van der Waals surface area contributed by atoms with Gasteiger partial charge >= 0.3 is 5.97 Å². The zero-order valence-electron chi connectivity index (χ0n) is 24.1. The summed E-state index contributed by atoms with van der Waals surface area (Å²) >= 11 is 0. The first-order chi connectivity index (χ1) is 19.4. The van der Waals surface area contributed by atoms with E-state index in [0.29, 0.717) is 42.1 Å². The summed E-state index contributed by atoms with van der Waals surface area (Å²) in [4.78, 5) is 24.5. The Morgan fingerprint density at radius 3 is 2.54 bits per heavy atom. The number of aliphatic hydroxyl groups is 1. The van der Waals surface area contributed by atoms with Gasteiger partial charge in [-0.3, -0.25) is 9.59 Å². The Balaban J connectivity index is 1.39. The number of benzene rings is 3. The number of aryl methyl sites for hydroxylation is 2. The Hall–Kier alpha value is -3.91. The van der Waals surface area contributed by atoms with Gasteiger partial charge in [0, 0.05) is 35.2 Å². The first-order valence-corrected chi connectivity index (χ1v) is 13.9. The van der Waals surface area contributed by atoms with E-state index in [2.05, 4.69) is 5.32 Å². The van der Waals surface area contributed by atoms with Crippen molar-refractivity contribution >= 4 is 11.9 Å². The summed E-state index contributed by atoms with van der Waals surface area (Å²) < 4.78 is 32.2. The number of amides is 1. The minimum atomic E-state index is -1.01. The minimum Gasteiger partial charge on any atom is -0.492 e. The van der Waals surface area contributed by atoms with Crippen molar-refractivity contribution in [3.8, 4) is 22.6 Å². The van der Waals surface area contributed by atoms with Crippen LogP contribution in [-0.4, -0.2) is 42.8 Å². The fourth-order valence-corrected chi connectivity index (χ4v) is 5.89. The summed E-state index contributed by atoms with van der Waals surface area (Å²) in [5, 5.41) is 12.7. The van der Waals surface area contributed by atoms with Crippen molar-refractivity contribution < 1.29 is 33.3 Å². The predicted octanol–water partition coefficient (Wildman–Crippen LogP) is 5.72. The summed E-state index contributed by atoms with van der Waals surface area (Å²) in [5.41, 5.74) is 5.65. The highest BCUT2D eigenvalue weighted by molar-refractivity contribution is 5.96. The van der Waals surface area contributed by atoms with Crippen LogP contribution in [-0.2, 0) is 16.0 Å². The van der Waals surface area contributed by atoms with Crippen LogP contribution in [0.15, 0.2) is 42.5 Å². The SMILES string of the molecule is COC(=O)C[C@@H]1COc2cc(O[C@H]3CCc4c(-c5c(C)cc(C(=O)NCC(C)(C)O)cc5C)ccc(F)c43)ccc21.